The number of nitrogens with zero attached hydrogens (tertiary/aromatic N) is 2. The predicted molar refractivity (Wildman–Crippen MR) is 121 cm³/mol. The number of imidazole rings is 1. The van der Waals surface area contributed by atoms with Gasteiger partial charge >= 0.3 is 6.18 Å². The molecule has 1 fully saturated rings. The van der Waals surface area contributed by atoms with Gasteiger partial charge in [-0.2, -0.15) is 13.2 Å². The van der Waals surface area contributed by atoms with Gasteiger partial charge in [-0.05, 0) is 25.0 Å². The molecule has 10 heteroatoms. The second-order valence-electron chi connectivity index (χ2n) is 8.18. The summed E-state index contributed by atoms with van der Waals surface area (Å²) in [5.41, 5.74) is 1.55. The van der Waals surface area contributed by atoms with Gasteiger partial charge in [0.15, 0.2) is 0 Å². The highest BCUT2D eigenvalue weighted by Gasteiger charge is 2.41. The van der Waals surface area contributed by atoms with E-state index in [9.17, 15) is 18.0 Å². The molecule has 1 saturated heterocycles. The number of halogens is 3. The van der Waals surface area contributed by atoms with Crippen molar-refractivity contribution in [2.24, 2.45) is 0 Å². The largest absolute Gasteiger partial charge is 0.453 e. The fraction of sp³-hybridized carbons (Fsp3) is 0.240. The quantitative estimate of drug-likeness (QED) is 0.401. The molecule has 0 saturated carbocycles. The lowest BCUT2D eigenvalue weighted by Crippen LogP contribution is -2.38. The molecule has 3 heterocycles. The molecule has 2 aromatic heterocycles. The topological polar surface area (TPSA) is 93.0 Å². The Hall–Kier alpha value is -3.92. The molecular formula is C25H21F3N4O3. The number of aromatic nitrogens is 3. The van der Waals surface area contributed by atoms with Crippen LogP contribution in [-0.2, 0) is 10.9 Å². The monoisotopic (exact) mass is 482 g/mol. The molecule has 2 N–H and O–H groups in total. The lowest BCUT2D eigenvalue weighted by atomic mass is 10.0. The number of rotatable bonds is 5. The van der Waals surface area contributed by atoms with Gasteiger partial charge in [-0.3, -0.25) is 4.79 Å². The molecule has 1 amide bonds. The molecule has 180 valence electrons. The smallest absolute Gasteiger partial charge is 0.381 e. The molecule has 35 heavy (non-hydrogen) atoms. The van der Waals surface area contributed by atoms with E-state index in [0.29, 0.717) is 35.7 Å². The van der Waals surface area contributed by atoms with Crippen LogP contribution in [0.1, 0.15) is 29.0 Å². The van der Waals surface area contributed by atoms with Crippen LogP contribution in [0, 0.1) is 0 Å². The van der Waals surface area contributed by atoms with Gasteiger partial charge in [-0.25, -0.2) is 4.98 Å². The zero-order chi connectivity index (χ0) is 24.4. The van der Waals surface area contributed by atoms with E-state index in [2.05, 4.69) is 20.4 Å². The molecule has 0 bridgehead atoms. The summed E-state index contributed by atoms with van der Waals surface area (Å²) >= 11 is 0. The zero-order valence-corrected chi connectivity index (χ0v) is 18.4. The van der Waals surface area contributed by atoms with Crippen molar-refractivity contribution >= 4 is 5.91 Å². The first kappa shape index (κ1) is 22.9. The molecule has 4 aromatic rings. The highest BCUT2D eigenvalue weighted by Crippen LogP contribution is 2.42. The number of H-pyrrole nitrogens is 1. The molecular weight excluding hydrogens is 461 g/mol. The predicted octanol–water partition coefficient (Wildman–Crippen LogP) is 5.33. The van der Waals surface area contributed by atoms with Crippen molar-refractivity contribution in [1.29, 1.82) is 0 Å². The van der Waals surface area contributed by atoms with Crippen molar-refractivity contribution in [1.82, 2.24) is 20.4 Å². The van der Waals surface area contributed by atoms with Crippen LogP contribution in [-0.4, -0.2) is 40.3 Å². The van der Waals surface area contributed by atoms with Crippen molar-refractivity contribution < 1.29 is 27.2 Å². The van der Waals surface area contributed by atoms with E-state index in [-0.39, 0.29) is 28.9 Å². The van der Waals surface area contributed by atoms with Crippen LogP contribution in [0.2, 0.25) is 0 Å². The normalized spacial score (nSPS) is 14.7. The van der Waals surface area contributed by atoms with E-state index in [1.54, 1.807) is 54.6 Å². The van der Waals surface area contributed by atoms with E-state index in [0.717, 1.165) is 12.8 Å². The Labute approximate surface area is 198 Å². The molecule has 0 unspecified atom stereocenters. The highest BCUT2D eigenvalue weighted by molar-refractivity contribution is 5.94. The molecule has 0 radical (unpaired) electrons. The molecule has 0 spiro atoms. The number of benzene rings is 2. The summed E-state index contributed by atoms with van der Waals surface area (Å²) in [5, 5.41) is 6.69. The Kier molecular flexibility index (Phi) is 6.12. The number of nitrogens with one attached hydrogen (secondary N) is 2. The van der Waals surface area contributed by atoms with Crippen molar-refractivity contribution in [3.05, 3.63) is 72.1 Å². The average Bonchev–Trinajstić information content (AvgIpc) is 3.53. The minimum Gasteiger partial charge on any atom is -0.381 e. The summed E-state index contributed by atoms with van der Waals surface area (Å²) in [4.78, 5) is 19.7. The second-order valence-corrected chi connectivity index (χ2v) is 8.18. The number of hydrogen-bond donors (Lipinski definition) is 2. The lowest BCUT2D eigenvalue weighted by molar-refractivity contribution is -0.154. The van der Waals surface area contributed by atoms with Gasteiger partial charge in [0.2, 0.25) is 5.76 Å². The van der Waals surface area contributed by atoms with Gasteiger partial charge in [-0.1, -0.05) is 47.6 Å². The van der Waals surface area contributed by atoms with Crippen molar-refractivity contribution in [2.75, 3.05) is 13.2 Å². The first-order chi connectivity index (χ1) is 16.9. The van der Waals surface area contributed by atoms with Gasteiger partial charge in [0, 0.05) is 35.9 Å². The summed E-state index contributed by atoms with van der Waals surface area (Å²) in [5.74, 6) is -1.04. The Morgan fingerprint density at radius 2 is 1.71 bits per heavy atom. The molecule has 5 rings (SSSR count). The van der Waals surface area contributed by atoms with Crippen LogP contribution in [0.25, 0.3) is 33.9 Å². The Morgan fingerprint density at radius 3 is 2.40 bits per heavy atom. The molecule has 0 atom stereocenters. The summed E-state index contributed by atoms with van der Waals surface area (Å²) < 4.78 is 51.0. The summed E-state index contributed by atoms with van der Waals surface area (Å²) in [6, 6.07) is 15.3. The molecule has 1 aliphatic rings. The molecule has 7 nitrogen and oxygen atoms in total. The van der Waals surface area contributed by atoms with Gasteiger partial charge in [0.05, 0.1) is 17.5 Å². The maximum absolute atomic E-state index is 13.7. The van der Waals surface area contributed by atoms with Crippen LogP contribution >= 0.6 is 0 Å². The third-order valence-corrected chi connectivity index (χ3v) is 5.82. The average molecular weight is 482 g/mol. The SMILES string of the molecule is O=C(NC1CCOCC1)c1ccc(-c2ncc(-c3c(-c4ccccc4)noc3C(F)(F)F)[nH]2)cc1. The minimum absolute atomic E-state index is 0.0632. The van der Waals surface area contributed by atoms with E-state index >= 15 is 0 Å². The number of alkyl halides is 3. The molecule has 2 aromatic carbocycles. The highest BCUT2D eigenvalue weighted by atomic mass is 19.4. The maximum Gasteiger partial charge on any atom is 0.453 e. The second kappa shape index (κ2) is 9.38. The van der Waals surface area contributed by atoms with Crippen LogP contribution in [0.15, 0.2) is 65.3 Å². The summed E-state index contributed by atoms with van der Waals surface area (Å²) in [6.45, 7) is 1.25. The summed E-state index contributed by atoms with van der Waals surface area (Å²) in [7, 11) is 0. The number of carbonyl (C=O) groups is 1. The van der Waals surface area contributed by atoms with Crippen molar-refractivity contribution in [3.63, 3.8) is 0 Å². The maximum atomic E-state index is 13.7. The first-order valence-electron chi connectivity index (χ1n) is 11.1. The van der Waals surface area contributed by atoms with Crippen LogP contribution in [0.5, 0.6) is 0 Å². The third kappa shape index (κ3) is 4.83. The van der Waals surface area contributed by atoms with Crippen LogP contribution in [0.4, 0.5) is 13.2 Å². The van der Waals surface area contributed by atoms with Gasteiger partial charge in [0.1, 0.15) is 11.5 Å². The number of amides is 1. The number of carbonyl (C=O) groups excluding carboxylic acids is 1. The number of hydrogen-bond acceptors (Lipinski definition) is 5. The Balaban J connectivity index is 1.42. The molecule has 1 aliphatic heterocycles. The standard InChI is InChI=1S/C25H21F3N4O3/c26-25(27,28)22-20(21(32-35-22)15-4-2-1-3-5-15)19-14-29-23(31-19)16-6-8-17(9-7-16)24(33)30-18-10-12-34-13-11-18/h1-9,14,18H,10-13H2,(H,29,31)(H,30,33). The van der Waals surface area contributed by atoms with Crippen molar-refractivity contribution in [3.8, 4) is 33.9 Å². The Morgan fingerprint density at radius 1 is 1.00 bits per heavy atom. The first-order valence-corrected chi connectivity index (χ1v) is 11.1. The van der Waals surface area contributed by atoms with E-state index in [1.807, 2.05) is 0 Å². The minimum atomic E-state index is -4.74. The van der Waals surface area contributed by atoms with Gasteiger partial charge < -0.3 is 19.6 Å². The van der Waals surface area contributed by atoms with Gasteiger partial charge in [-0.15, -0.1) is 0 Å². The zero-order valence-electron chi connectivity index (χ0n) is 18.4. The fourth-order valence-electron chi connectivity index (χ4n) is 4.01. The van der Waals surface area contributed by atoms with E-state index in [1.165, 1.54) is 6.20 Å². The van der Waals surface area contributed by atoms with E-state index < -0.39 is 11.9 Å². The summed E-state index contributed by atoms with van der Waals surface area (Å²) in [6.07, 6.45) is -1.88. The lowest BCUT2D eigenvalue weighted by Gasteiger charge is -2.23. The third-order valence-electron chi connectivity index (χ3n) is 5.82. The van der Waals surface area contributed by atoms with Crippen LogP contribution < -0.4 is 5.32 Å². The van der Waals surface area contributed by atoms with E-state index in [4.69, 9.17) is 9.26 Å². The number of ether oxygens (including phenoxy) is 1. The van der Waals surface area contributed by atoms with Crippen LogP contribution in [0.3, 0.4) is 0 Å². The fourth-order valence-corrected chi connectivity index (χ4v) is 4.01. The Bertz CT molecular complexity index is 1310. The van der Waals surface area contributed by atoms with Gasteiger partial charge in [0.25, 0.3) is 5.91 Å². The molecule has 0 aliphatic carbocycles. The van der Waals surface area contributed by atoms with Crippen molar-refractivity contribution in [2.45, 2.75) is 25.1 Å². The number of aromatic amines is 1.